The Labute approximate surface area is 322 Å². The molecular formula is C54H41N. The van der Waals surface area contributed by atoms with E-state index in [-0.39, 0.29) is 5.41 Å². The van der Waals surface area contributed by atoms with E-state index < -0.39 is 0 Å². The molecule has 0 aliphatic heterocycles. The highest BCUT2D eigenvalue weighted by Crippen LogP contribution is 2.45. The molecule has 0 spiro atoms. The second-order valence-electron chi connectivity index (χ2n) is 15.8. The van der Waals surface area contributed by atoms with Gasteiger partial charge in [0.1, 0.15) is 0 Å². The molecule has 0 saturated heterocycles. The number of hydrogen-bond acceptors (Lipinski definition) is 0. The SMILES string of the molecule is CC(C)(C)c1ccc2c(-c3ccc(-n4c5ccccc5c5cc(-c6cccc(-c7ccccc7)c6)ccc54)cc3)c3ccccc3c(-c3ccccc3)c2c1. The van der Waals surface area contributed by atoms with Gasteiger partial charge in [-0.05, 0) is 119 Å². The van der Waals surface area contributed by atoms with Crippen molar-refractivity contribution in [3.05, 3.63) is 200 Å². The second kappa shape index (κ2) is 13.0. The monoisotopic (exact) mass is 703 g/mol. The lowest BCUT2D eigenvalue weighted by atomic mass is 9.81. The van der Waals surface area contributed by atoms with Crippen LogP contribution in [0.4, 0.5) is 0 Å². The Morgan fingerprint density at radius 1 is 0.309 bits per heavy atom. The van der Waals surface area contributed by atoms with Crippen molar-refractivity contribution in [3.63, 3.8) is 0 Å². The minimum atomic E-state index is 0.0326. The average molecular weight is 704 g/mol. The lowest BCUT2D eigenvalue weighted by Crippen LogP contribution is -2.10. The highest BCUT2D eigenvalue weighted by Gasteiger charge is 2.21. The molecule has 0 aliphatic rings. The highest BCUT2D eigenvalue weighted by molar-refractivity contribution is 6.21. The Bertz CT molecular complexity index is 3030. The van der Waals surface area contributed by atoms with E-state index >= 15 is 0 Å². The first-order valence-electron chi connectivity index (χ1n) is 19.3. The van der Waals surface area contributed by atoms with Crippen LogP contribution in [0.3, 0.4) is 0 Å². The molecule has 1 heteroatoms. The molecule has 0 radical (unpaired) electrons. The third-order valence-corrected chi connectivity index (χ3v) is 11.3. The summed E-state index contributed by atoms with van der Waals surface area (Å²) in [6, 6.07) is 71.4. The molecule has 0 atom stereocenters. The third kappa shape index (κ3) is 5.63. The standard InChI is InChI=1S/C54H41N/c1-54(2,3)42-28-31-47-49(35-42)53(37-17-8-5-9-18-37)46-23-11-10-22-45(46)52(47)38-25-29-43(30-26-38)55-50-24-13-12-21-44(50)48-34-41(27-32-51(48)55)40-20-14-19-39(33-40)36-15-6-4-7-16-36/h4-35H,1-3H3. The van der Waals surface area contributed by atoms with Crippen LogP contribution in [0.25, 0.3) is 93.5 Å². The Hall–Kier alpha value is -6.70. The van der Waals surface area contributed by atoms with Crippen LogP contribution >= 0.6 is 0 Å². The van der Waals surface area contributed by atoms with Crippen molar-refractivity contribution in [1.82, 2.24) is 4.57 Å². The van der Waals surface area contributed by atoms with Crippen LogP contribution < -0.4 is 0 Å². The first kappa shape index (κ1) is 32.9. The number of hydrogen-bond donors (Lipinski definition) is 0. The Morgan fingerprint density at radius 3 is 1.49 bits per heavy atom. The lowest BCUT2D eigenvalue weighted by molar-refractivity contribution is 0.591. The van der Waals surface area contributed by atoms with E-state index in [2.05, 4.69) is 219 Å². The van der Waals surface area contributed by atoms with E-state index in [0.717, 1.165) is 5.69 Å². The Balaban J connectivity index is 1.13. The van der Waals surface area contributed by atoms with E-state index in [1.807, 2.05) is 0 Å². The maximum atomic E-state index is 2.44. The highest BCUT2D eigenvalue weighted by atomic mass is 15.0. The van der Waals surface area contributed by atoms with E-state index in [9.17, 15) is 0 Å². The number of rotatable bonds is 5. The summed E-state index contributed by atoms with van der Waals surface area (Å²) in [5.74, 6) is 0. The molecule has 10 rings (SSSR count). The molecule has 0 saturated carbocycles. The minimum Gasteiger partial charge on any atom is -0.309 e. The Morgan fingerprint density at radius 2 is 0.800 bits per heavy atom. The zero-order valence-electron chi connectivity index (χ0n) is 31.4. The van der Waals surface area contributed by atoms with Gasteiger partial charge < -0.3 is 4.57 Å². The molecule has 0 amide bonds. The summed E-state index contributed by atoms with van der Waals surface area (Å²) in [6.07, 6.45) is 0. The molecule has 1 nitrogen and oxygen atoms in total. The number of nitrogens with zero attached hydrogens (tertiary/aromatic N) is 1. The zero-order chi connectivity index (χ0) is 37.1. The van der Waals surface area contributed by atoms with E-state index in [1.165, 1.54) is 93.4 Å². The van der Waals surface area contributed by atoms with Crippen molar-refractivity contribution in [3.8, 4) is 50.2 Å². The van der Waals surface area contributed by atoms with Crippen LogP contribution in [0.2, 0.25) is 0 Å². The summed E-state index contributed by atoms with van der Waals surface area (Å²) in [7, 11) is 0. The Kier molecular flexibility index (Phi) is 7.78. The second-order valence-corrected chi connectivity index (χ2v) is 15.8. The van der Waals surface area contributed by atoms with Crippen LogP contribution in [0.5, 0.6) is 0 Å². The summed E-state index contributed by atoms with van der Waals surface area (Å²) in [6.45, 7) is 6.90. The summed E-state index contributed by atoms with van der Waals surface area (Å²) in [5.41, 5.74) is 14.9. The molecule has 0 unspecified atom stereocenters. The molecule has 55 heavy (non-hydrogen) atoms. The largest absolute Gasteiger partial charge is 0.309 e. The van der Waals surface area contributed by atoms with Gasteiger partial charge in [-0.2, -0.15) is 0 Å². The molecule has 262 valence electrons. The van der Waals surface area contributed by atoms with Crippen molar-refractivity contribution < 1.29 is 0 Å². The molecule has 0 bridgehead atoms. The maximum absolute atomic E-state index is 2.44. The van der Waals surface area contributed by atoms with Gasteiger partial charge in [-0.15, -0.1) is 0 Å². The smallest absolute Gasteiger partial charge is 0.0541 e. The zero-order valence-corrected chi connectivity index (χ0v) is 31.4. The molecule has 0 aliphatic carbocycles. The number of para-hydroxylation sites is 1. The number of fused-ring (bicyclic) bond motifs is 5. The van der Waals surface area contributed by atoms with E-state index in [4.69, 9.17) is 0 Å². The van der Waals surface area contributed by atoms with Crippen molar-refractivity contribution >= 4 is 43.4 Å². The maximum Gasteiger partial charge on any atom is 0.0541 e. The molecular weight excluding hydrogens is 663 g/mol. The van der Waals surface area contributed by atoms with Gasteiger partial charge >= 0.3 is 0 Å². The first-order chi connectivity index (χ1) is 26.9. The van der Waals surface area contributed by atoms with Gasteiger partial charge in [0.15, 0.2) is 0 Å². The molecule has 9 aromatic carbocycles. The summed E-state index contributed by atoms with van der Waals surface area (Å²) in [5, 5.41) is 7.63. The fraction of sp³-hybridized carbons (Fsp3) is 0.0741. The predicted molar refractivity (Wildman–Crippen MR) is 236 cm³/mol. The van der Waals surface area contributed by atoms with Crippen LogP contribution in [0, 0.1) is 0 Å². The van der Waals surface area contributed by atoms with Gasteiger partial charge in [0, 0.05) is 16.5 Å². The molecule has 1 aromatic heterocycles. The fourth-order valence-electron chi connectivity index (χ4n) is 8.59. The van der Waals surface area contributed by atoms with Crippen molar-refractivity contribution in [2.45, 2.75) is 26.2 Å². The van der Waals surface area contributed by atoms with Crippen LogP contribution in [0.1, 0.15) is 26.3 Å². The van der Waals surface area contributed by atoms with Gasteiger partial charge in [-0.3, -0.25) is 0 Å². The predicted octanol–water partition coefficient (Wildman–Crippen LogP) is 15.1. The van der Waals surface area contributed by atoms with E-state index in [0.29, 0.717) is 0 Å². The normalized spacial score (nSPS) is 11.9. The van der Waals surface area contributed by atoms with Crippen LogP contribution in [0.15, 0.2) is 194 Å². The fourth-order valence-corrected chi connectivity index (χ4v) is 8.59. The first-order valence-corrected chi connectivity index (χ1v) is 19.3. The van der Waals surface area contributed by atoms with Gasteiger partial charge in [0.05, 0.1) is 11.0 Å². The van der Waals surface area contributed by atoms with Crippen LogP contribution in [-0.4, -0.2) is 4.57 Å². The molecule has 10 aromatic rings. The van der Waals surface area contributed by atoms with Gasteiger partial charge in [-0.25, -0.2) is 0 Å². The van der Waals surface area contributed by atoms with Gasteiger partial charge in [0.2, 0.25) is 0 Å². The molecule has 1 heterocycles. The topological polar surface area (TPSA) is 4.93 Å². The molecule has 0 N–H and O–H groups in total. The molecule has 0 fully saturated rings. The van der Waals surface area contributed by atoms with Gasteiger partial charge in [0.25, 0.3) is 0 Å². The summed E-state index contributed by atoms with van der Waals surface area (Å²) in [4.78, 5) is 0. The number of aromatic nitrogens is 1. The van der Waals surface area contributed by atoms with E-state index in [1.54, 1.807) is 0 Å². The number of benzene rings is 9. The lowest BCUT2D eigenvalue weighted by Gasteiger charge is -2.23. The van der Waals surface area contributed by atoms with Crippen molar-refractivity contribution in [2.24, 2.45) is 0 Å². The average Bonchev–Trinajstić information content (AvgIpc) is 3.56. The van der Waals surface area contributed by atoms with Crippen molar-refractivity contribution in [1.29, 1.82) is 0 Å². The quantitative estimate of drug-likeness (QED) is 0.157. The van der Waals surface area contributed by atoms with Crippen LogP contribution in [-0.2, 0) is 5.41 Å². The van der Waals surface area contributed by atoms with Crippen molar-refractivity contribution in [2.75, 3.05) is 0 Å². The van der Waals surface area contributed by atoms with Gasteiger partial charge in [-0.1, -0.05) is 172 Å². The third-order valence-electron chi connectivity index (χ3n) is 11.3. The summed E-state index contributed by atoms with van der Waals surface area (Å²) >= 11 is 0. The minimum absolute atomic E-state index is 0.0326. The summed E-state index contributed by atoms with van der Waals surface area (Å²) < 4.78 is 2.42.